The zero-order valence-corrected chi connectivity index (χ0v) is 12.9. The first kappa shape index (κ1) is 14.8. The van der Waals surface area contributed by atoms with Gasteiger partial charge in [0.25, 0.3) is 0 Å². The van der Waals surface area contributed by atoms with Crippen molar-refractivity contribution in [3.63, 3.8) is 0 Å². The molecule has 0 heterocycles. The largest absolute Gasteiger partial charge is 0.497 e. The Morgan fingerprint density at radius 2 is 2.14 bits per heavy atom. The van der Waals surface area contributed by atoms with Crippen molar-refractivity contribution in [3.8, 4) is 5.75 Å². The fourth-order valence-corrected chi connectivity index (χ4v) is 3.01. The highest BCUT2D eigenvalue weighted by Crippen LogP contribution is 2.36. The minimum Gasteiger partial charge on any atom is -0.497 e. The second-order valence-corrected chi connectivity index (χ2v) is 6.28. The summed E-state index contributed by atoms with van der Waals surface area (Å²) in [7, 11) is 3.72. The average molecular weight is 291 g/mol. The molecule has 0 amide bonds. The maximum atomic E-state index is 10.5. The molecule has 0 bridgehead atoms. The van der Waals surface area contributed by atoms with Crippen LogP contribution in [0.3, 0.4) is 0 Å². The van der Waals surface area contributed by atoms with E-state index in [9.17, 15) is 5.11 Å². The first-order chi connectivity index (χ1) is 10.2. The highest BCUT2D eigenvalue weighted by molar-refractivity contribution is 5.41. The smallest absolute Gasteiger partial charge is 0.119 e. The van der Waals surface area contributed by atoms with Crippen LogP contribution in [-0.2, 0) is 11.2 Å². The molecule has 1 saturated carbocycles. The van der Waals surface area contributed by atoms with Crippen molar-refractivity contribution >= 4 is 0 Å². The van der Waals surface area contributed by atoms with E-state index in [1.165, 1.54) is 18.4 Å². The molecule has 4 nitrogen and oxygen atoms in total. The highest BCUT2D eigenvalue weighted by atomic mass is 16.5. The number of fused-ring (bicyclic) bond motifs is 1. The molecule has 0 saturated heterocycles. The predicted octanol–water partition coefficient (Wildman–Crippen LogP) is 2.01. The van der Waals surface area contributed by atoms with E-state index < -0.39 is 6.10 Å². The van der Waals surface area contributed by atoms with E-state index in [1.807, 2.05) is 12.1 Å². The van der Waals surface area contributed by atoms with Crippen molar-refractivity contribution in [2.45, 2.75) is 31.4 Å². The highest BCUT2D eigenvalue weighted by Gasteiger charge is 2.33. The fraction of sp³-hybridized carbons (Fsp3) is 0.647. The van der Waals surface area contributed by atoms with Gasteiger partial charge >= 0.3 is 0 Å². The van der Waals surface area contributed by atoms with Gasteiger partial charge in [-0.15, -0.1) is 0 Å². The third-order valence-electron chi connectivity index (χ3n) is 4.67. The molecule has 0 aliphatic heterocycles. The number of aliphatic hydroxyl groups excluding tert-OH is 1. The van der Waals surface area contributed by atoms with E-state index >= 15 is 0 Å². The van der Waals surface area contributed by atoms with Gasteiger partial charge in [0.1, 0.15) is 5.75 Å². The minimum absolute atomic E-state index is 0.136. The standard InChI is InChI=1S/C17H25NO3/c1-18(7-8-21-11-12-3-4-12)16-9-13-5-6-14(20-2)10-15(13)17(16)19/h5-6,10,12,16-17,19H,3-4,7-9,11H2,1-2H3. The van der Waals surface area contributed by atoms with Crippen LogP contribution < -0.4 is 4.74 Å². The minimum atomic E-state index is -0.441. The molecule has 0 spiro atoms. The van der Waals surface area contributed by atoms with Crippen molar-refractivity contribution in [1.82, 2.24) is 4.90 Å². The first-order valence-corrected chi connectivity index (χ1v) is 7.82. The van der Waals surface area contributed by atoms with E-state index in [0.29, 0.717) is 0 Å². The normalized spacial score (nSPS) is 24.4. The summed E-state index contributed by atoms with van der Waals surface area (Å²) in [5, 5.41) is 10.5. The number of aliphatic hydroxyl groups is 1. The molecule has 1 aromatic carbocycles. The number of ether oxygens (including phenoxy) is 2. The molecule has 1 aromatic rings. The number of methoxy groups -OCH3 is 1. The van der Waals surface area contributed by atoms with Gasteiger partial charge in [0.15, 0.2) is 0 Å². The van der Waals surface area contributed by atoms with E-state index in [-0.39, 0.29) is 6.04 Å². The zero-order valence-electron chi connectivity index (χ0n) is 12.9. The van der Waals surface area contributed by atoms with Gasteiger partial charge in [0.05, 0.1) is 19.8 Å². The molecule has 2 atom stereocenters. The third-order valence-corrected chi connectivity index (χ3v) is 4.67. The summed E-state index contributed by atoms with van der Waals surface area (Å²) in [6.07, 6.45) is 3.10. The number of rotatable bonds is 7. The summed E-state index contributed by atoms with van der Waals surface area (Å²) in [6.45, 7) is 2.51. The number of benzene rings is 1. The second kappa shape index (κ2) is 6.34. The Morgan fingerprint density at radius 3 is 2.86 bits per heavy atom. The van der Waals surface area contributed by atoms with Crippen LogP contribution in [0.1, 0.15) is 30.1 Å². The van der Waals surface area contributed by atoms with Gasteiger partial charge < -0.3 is 14.6 Å². The van der Waals surface area contributed by atoms with E-state index in [2.05, 4.69) is 18.0 Å². The molecular weight excluding hydrogens is 266 g/mol. The van der Waals surface area contributed by atoms with Crippen LogP contribution in [0.25, 0.3) is 0 Å². The summed E-state index contributed by atoms with van der Waals surface area (Å²) < 4.78 is 10.9. The van der Waals surface area contributed by atoms with Gasteiger partial charge in [-0.1, -0.05) is 6.07 Å². The van der Waals surface area contributed by atoms with E-state index in [1.54, 1.807) is 7.11 Å². The Labute approximate surface area is 126 Å². The molecule has 0 radical (unpaired) electrons. The SMILES string of the molecule is COc1ccc2c(c1)C(O)C(N(C)CCOCC1CC1)C2. The summed E-state index contributed by atoms with van der Waals surface area (Å²) >= 11 is 0. The maximum absolute atomic E-state index is 10.5. The number of likely N-dealkylation sites (N-methyl/N-ethyl adjacent to an activating group) is 1. The lowest BCUT2D eigenvalue weighted by Crippen LogP contribution is -2.37. The van der Waals surface area contributed by atoms with E-state index in [4.69, 9.17) is 9.47 Å². The summed E-state index contributed by atoms with van der Waals surface area (Å²) in [5.41, 5.74) is 2.23. The summed E-state index contributed by atoms with van der Waals surface area (Å²) in [6, 6.07) is 6.12. The van der Waals surface area contributed by atoms with Crippen LogP contribution in [0.4, 0.5) is 0 Å². The average Bonchev–Trinajstić information content (AvgIpc) is 3.27. The van der Waals surface area contributed by atoms with Crippen LogP contribution >= 0.6 is 0 Å². The van der Waals surface area contributed by atoms with Crippen LogP contribution in [0.5, 0.6) is 5.75 Å². The molecule has 116 valence electrons. The molecule has 3 rings (SSSR count). The van der Waals surface area contributed by atoms with Crippen LogP contribution in [0, 0.1) is 5.92 Å². The van der Waals surface area contributed by atoms with E-state index in [0.717, 1.165) is 43.4 Å². The van der Waals surface area contributed by atoms with Crippen LogP contribution in [0.2, 0.25) is 0 Å². The molecule has 1 fully saturated rings. The molecular formula is C17H25NO3. The lowest BCUT2D eigenvalue weighted by Gasteiger charge is -2.27. The molecule has 1 N–H and O–H groups in total. The number of hydrogen-bond donors (Lipinski definition) is 1. The van der Waals surface area contributed by atoms with Gasteiger partial charge in [-0.2, -0.15) is 0 Å². The Bertz CT molecular complexity index is 487. The van der Waals surface area contributed by atoms with Crippen molar-refractivity contribution in [3.05, 3.63) is 29.3 Å². The topological polar surface area (TPSA) is 41.9 Å². The summed E-state index contributed by atoms with van der Waals surface area (Å²) in [4.78, 5) is 2.21. The van der Waals surface area contributed by atoms with Gasteiger partial charge in [-0.3, -0.25) is 4.90 Å². The molecule has 0 aromatic heterocycles. The van der Waals surface area contributed by atoms with Crippen molar-refractivity contribution in [2.75, 3.05) is 33.9 Å². The Hall–Kier alpha value is -1.10. The lowest BCUT2D eigenvalue weighted by molar-refractivity contribution is 0.0465. The first-order valence-electron chi connectivity index (χ1n) is 7.82. The number of hydrogen-bond acceptors (Lipinski definition) is 4. The molecule has 2 aliphatic carbocycles. The maximum Gasteiger partial charge on any atom is 0.119 e. The van der Waals surface area contributed by atoms with Gasteiger partial charge in [-0.25, -0.2) is 0 Å². The van der Waals surface area contributed by atoms with Gasteiger partial charge in [0, 0.05) is 19.2 Å². The second-order valence-electron chi connectivity index (χ2n) is 6.28. The fourth-order valence-electron chi connectivity index (χ4n) is 3.01. The monoisotopic (exact) mass is 291 g/mol. The molecule has 2 unspecified atom stereocenters. The third kappa shape index (κ3) is 3.39. The quantitative estimate of drug-likeness (QED) is 0.780. The van der Waals surface area contributed by atoms with Gasteiger partial charge in [0.2, 0.25) is 0 Å². The Balaban J connectivity index is 1.53. The molecule has 2 aliphatic rings. The Kier molecular flexibility index (Phi) is 4.48. The zero-order chi connectivity index (χ0) is 14.8. The van der Waals surface area contributed by atoms with Crippen molar-refractivity contribution in [2.24, 2.45) is 5.92 Å². The lowest BCUT2D eigenvalue weighted by atomic mass is 10.1. The Morgan fingerprint density at radius 1 is 1.33 bits per heavy atom. The predicted molar refractivity (Wildman–Crippen MR) is 81.6 cm³/mol. The van der Waals surface area contributed by atoms with Crippen LogP contribution in [0.15, 0.2) is 18.2 Å². The van der Waals surface area contributed by atoms with Crippen LogP contribution in [-0.4, -0.2) is 50.0 Å². The van der Waals surface area contributed by atoms with Gasteiger partial charge in [-0.05, 0) is 55.5 Å². The molecule has 21 heavy (non-hydrogen) atoms. The molecule has 4 heteroatoms. The van der Waals surface area contributed by atoms with Crippen molar-refractivity contribution < 1.29 is 14.6 Å². The van der Waals surface area contributed by atoms with Crippen molar-refractivity contribution in [1.29, 1.82) is 0 Å². The summed E-state index contributed by atoms with van der Waals surface area (Å²) in [5.74, 6) is 1.62. The number of nitrogens with zero attached hydrogens (tertiary/aromatic N) is 1.